The van der Waals surface area contributed by atoms with E-state index in [0.29, 0.717) is 5.92 Å². The van der Waals surface area contributed by atoms with E-state index in [0.717, 1.165) is 10.7 Å². The largest absolute Gasteiger partial charge is 0.294 e. The fourth-order valence-corrected chi connectivity index (χ4v) is 4.17. The van der Waals surface area contributed by atoms with E-state index in [-0.39, 0.29) is 0 Å². The van der Waals surface area contributed by atoms with Crippen LogP contribution in [0.15, 0.2) is 30.5 Å². The summed E-state index contributed by atoms with van der Waals surface area (Å²) in [5.41, 5.74) is 5.19. The predicted molar refractivity (Wildman–Crippen MR) is 84.6 cm³/mol. The van der Waals surface area contributed by atoms with Gasteiger partial charge in [0.15, 0.2) is 4.96 Å². The number of imidazole rings is 1. The van der Waals surface area contributed by atoms with Crippen LogP contribution in [0.3, 0.4) is 0 Å². The van der Waals surface area contributed by atoms with Gasteiger partial charge in [-0.25, -0.2) is 4.98 Å². The molecule has 0 amide bonds. The quantitative estimate of drug-likeness (QED) is 0.667. The highest BCUT2D eigenvalue weighted by Crippen LogP contribution is 2.33. The van der Waals surface area contributed by atoms with Crippen LogP contribution in [0.1, 0.15) is 42.3 Å². The molecule has 2 nitrogen and oxygen atoms in total. The number of thiazole rings is 1. The number of nitrogens with zero attached hydrogens (tertiary/aromatic N) is 2. The minimum absolute atomic E-state index is 0.581. The lowest BCUT2D eigenvalue weighted by Gasteiger charge is -2.05. The Morgan fingerprint density at radius 2 is 1.95 bits per heavy atom. The monoisotopic (exact) mass is 282 g/mol. The minimum atomic E-state index is 0.581. The Morgan fingerprint density at radius 1 is 1.15 bits per heavy atom. The first kappa shape index (κ1) is 12.2. The Bertz CT molecular complexity index is 762. The molecule has 0 saturated heterocycles. The normalized spacial score (nSPS) is 14.3. The van der Waals surface area contributed by atoms with Gasteiger partial charge in [0, 0.05) is 22.3 Å². The summed E-state index contributed by atoms with van der Waals surface area (Å²) in [4.78, 5) is 7.49. The van der Waals surface area contributed by atoms with Crippen LogP contribution in [0, 0.1) is 0 Å². The van der Waals surface area contributed by atoms with E-state index in [1.54, 1.807) is 0 Å². The number of aromatic nitrogens is 2. The van der Waals surface area contributed by atoms with E-state index in [1.807, 2.05) is 11.3 Å². The third-order valence-electron chi connectivity index (χ3n) is 4.19. The Hall–Kier alpha value is -1.61. The third-order valence-corrected chi connectivity index (χ3v) is 5.35. The van der Waals surface area contributed by atoms with Crippen molar-refractivity contribution in [2.45, 2.75) is 39.0 Å². The molecule has 3 aromatic rings. The molecule has 0 N–H and O–H groups in total. The fraction of sp³-hybridized carbons (Fsp3) is 0.353. The van der Waals surface area contributed by atoms with Crippen molar-refractivity contribution >= 4 is 16.3 Å². The third kappa shape index (κ3) is 1.80. The van der Waals surface area contributed by atoms with E-state index < -0.39 is 0 Å². The van der Waals surface area contributed by atoms with Gasteiger partial charge < -0.3 is 0 Å². The molecule has 1 aromatic carbocycles. The molecule has 0 spiro atoms. The summed E-state index contributed by atoms with van der Waals surface area (Å²) in [5, 5.41) is 0. The second-order valence-electron chi connectivity index (χ2n) is 5.88. The van der Waals surface area contributed by atoms with Gasteiger partial charge in [-0.05, 0) is 30.7 Å². The molecule has 102 valence electrons. The fourth-order valence-electron chi connectivity index (χ4n) is 2.98. The molecule has 20 heavy (non-hydrogen) atoms. The highest BCUT2D eigenvalue weighted by Gasteiger charge is 2.19. The van der Waals surface area contributed by atoms with Crippen molar-refractivity contribution < 1.29 is 0 Å². The van der Waals surface area contributed by atoms with Crippen molar-refractivity contribution in [1.29, 1.82) is 0 Å². The summed E-state index contributed by atoms with van der Waals surface area (Å²) in [6.45, 7) is 4.45. The molecule has 1 aliphatic rings. The van der Waals surface area contributed by atoms with Gasteiger partial charge in [0.2, 0.25) is 0 Å². The number of benzene rings is 1. The molecule has 4 rings (SSSR count). The zero-order valence-electron chi connectivity index (χ0n) is 11.9. The van der Waals surface area contributed by atoms with Crippen molar-refractivity contribution in [3.63, 3.8) is 0 Å². The zero-order valence-corrected chi connectivity index (χ0v) is 12.7. The lowest BCUT2D eigenvalue weighted by atomic mass is 10.0. The van der Waals surface area contributed by atoms with Gasteiger partial charge in [0.1, 0.15) is 0 Å². The van der Waals surface area contributed by atoms with Crippen molar-refractivity contribution in [2.75, 3.05) is 0 Å². The molecule has 0 unspecified atom stereocenters. The summed E-state index contributed by atoms with van der Waals surface area (Å²) in [7, 11) is 0. The first-order chi connectivity index (χ1) is 9.72. The molecule has 2 aromatic heterocycles. The van der Waals surface area contributed by atoms with Gasteiger partial charge in [-0.3, -0.25) is 4.40 Å². The smallest absolute Gasteiger partial charge is 0.194 e. The summed E-state index contributed by atoms with van der Waals surface area (Å²) in [5.74, 6) is 0.581. The number of hydrogen-bond acceptors (Lipinski definition) is 2. The summed E-state index contributed by atoms with van der Waals surface area (Å²) >= 11 is 1.86. The molecule has 2 heterocycles. The summed E-state index contributed by atoms with van der Waals surface area (Å²) in [6, 6.07) is 8.83. The Kier molecular flexibility index (Phi) is 2.71. The molecule has 3 heteroatoms. The summed E-state index contributed by atoms with van der Waals surface area (Å²) < 4.78 is 2.30. The molecule has 1 aliphatic carbocycles. The second-order valence-corrected chi connectivity index (χ2v) is 6.94. The molecular formula is C17H18N2S. The van der Waals surface area contributed by atoms with Crippen molar-refractivity contribution in [1.82, 2.24) is 9.38 Å². The highest BCUT2D eigenvalue weighted by atomic mass is 32.1. The Morgan fingerprint density at radius 3 is 2.70 bits per heavy atom. The van der Waals surface area contributed by atoms with E-state index in [9.17, 15) is 0 Å². The van der Waals surface area contributed by atoms with Crippen LogP contribution < -0.4 is 0 Å². The van der Waals surface area contributed by atoms with Gasteiger partial charge in [-0.2, -0.15) is 0 Å². The van der Waals surface area contributed by atoms with Gasteiger partial charge in [0.25, 0.3) is 0 Å². The van der Waals surface area contributed by atoms with Gasteiger partial charge >= 0.3 is 0 Å². The lowest BCUT2D eigenvalue weighted by molar-refractivity contribution is 0.867. The predicted octanol–water partition coefficient (Wildman–Crippen LogP) is 4.67. The first-order valence-corrected chi connectivity index (χ1v) is 8.14. The van der Waals surface area contributed by atoms with Crippen LogP contribution >= 0.6 is 11.3 Å². The van der Waals surface area contributed by atoms with Crippen LogP contribution in [0.2, 0.25) is 0 Å². The molecule has 0 radical (unpaired) electrons. The molecule has 0 aliphatic heterocycles. The van der Waals surface area contributed by atoms with Crippen LogP contribution in [0.25, 0.3) is 16.2 Å². The van der Waals surface area contributed by atoms with Crippen LogP contribution in [-0.4, -0.2) is 9.38 Å². The van der Waals surface area contributed by atoms with Crippen LogP contribution in [0.4, 0.5) is 0 Å². The standard InChI is InChI=1S/C17H18N2S/c1-11(2)12-6-8-13(9-7-12)14-10-19-15-4-3-5-16(15)20-17(19)18-14/h6-11H,3-5H2,1-2H3. The molecular weight excluding hydrogens is 264 g/mol. The maximum Gasteiger partial charge on any atom is 0.194 e. The molecule has 0 saturated carbocycles. The average molecular weight is 282 g/mol. The lowest BCUT2D eigenvalue weighted by Crippen LogP contribution is -1.87. The molecule has 0 fully saturated rings. The number of fused-ring (bicyclic) bond motifs is 3. The topological polar surface area (TPSA) is 17.3 Å². The van der Waals surface area contributed by atoms with E-state index in [1.165, 1.54) is 41.0 Å². The van der Waals surface area contributed by atoms with E-state index in [2.05, 4.69) is 48.7 Å². The Labute approximate surface area is 123 Å². The van der Waals surface area contributed by atoms with E-state index in [4.69, 9.17) is 4.98 Å². The van der Waals surface area contributed by atoms with Gasteiger partial charge in [-0.15, -0.1) is 11.3 Å². The Balaban J connectivity index is 1.76. The maximum absolute atomic E-state index is 4.80. The van der Waals surface area contributed by atoms with Gasteiger partial charge in [-0.1, -0.05) is 38.1 Å². The zero-order chi connectivity index (χ0) is 13.7. The van der Waals surface area contributed by atoms with Gasteiger partial charge in [0.05, 0.1) is 5.69 Å². The van der Waals surface area contributed by atoms with E-state index >= 15 is 0 Å². The maximum atomic E-state index is 4.80. The molecule has 0 bridgehead atoms. The highest BCUT2D eigenvalue weighted by molar-refractivity contribution is 7.17. The summed E-state index contributed by atoms with van der Waals surface area (Å²) in [6.07, 6.45) is 5.95. The van der Waals surface area contributed by atoms with Crippen molar-refractivity contribution in [3.05, 3.63) is 46.6 Å². The number of hydrogen-bond donors (Lipinski definition) is 0. The number of aryl methyl sites for hydroxylation is 2. The molecule has 0 atom stereocenters. The second kappa shape index (κ2) is 4.45. The minimum Gasteiger partial charge on any atom is -0.294 e. The van der Waals surface area contributed by atoms with Crippen molar-refractivity contribution in [3.8, 4) is 11.3 Å². The van der Waals surface area contributed by atoms with Crippen molar-refractivity contribution in [2.24, 2.45) is 0 Å². The van der Waals surface area contributed by atoms with Crippen LogP contribution in [0.5, 0.6) is 0 Å². The first-order valence-electron chi connectivity index (χ1n) is 7.32. The SMILES string of the molecule is CC(C)c1ccc(-c2cn3c4c(sc3n2)CCC4)cc1. The number of rotatable bonds is 2. The average Bonchev–Trinajstić information content (AvgIpc) is 3.09. The van der Waals surface area contributed by atoms with Crippen LogP contribution in [-0.2, 0) is 12.8 Å².